The predicted octanol–water partition coefficient (Wildman–Crippen LogP) is -4.95. The molecule has 2 fully saturated rings. The Bertz CT molecular complexity index is 1860. The number of fused-ring (bicyclic) bond motifs is 1. The maximum Gasteiger partial charge on any atom is 0.351 e. The summed E-state index contributed by atoms with van der Waals surface area (Å²) in [6.45, 7) is -1.99. The van der Waals surface area contributed by atoms with Crippen molar-refractivity contribution in [2.75, 3.05) is 24.7 Å². The monoisotopic (exact) mass is 711 g/mol. The molecule has 3 aromatic rings. The highest BCUT2D eigenvalue weighted by Crippen LogP contribution is 2.47. The molecule has 0 aromatic carbocycles. The van der Waals surface area contributed by atoms with E-state index in [-0.39, 0.29) is 22.9 Å². The summed E-state index contributed by atoms with van der Waals surface area (Å²) in [6, 6.07) is 1.22. The molecule has 2 saturated heterocycles. The van der Waals surface area contributed by atoms with E-state index in [0.29, 0.717) is 0 Å². The van der Waals surface area contributed by atoms with E-state index in [1.165, 1.54) is 10.6 Å². The Morgan fingerprint density at radius 1 is 0.891 bits per heavy atom. The highest BCUT2D eigenvalue weighted by atomic mass is 31.2. The number of nitrogen functional groups attached to an aromatic ring is 2. The Morgan fingerprint density at radius 3 is 2.11 bits per heavy atom. The maximum absolute atomic E-state index is 12.9. The van der Waals surface area contributed by atoms with E-state index >= 15 is 0 Å². The van der Waals surface area contributed by atoms with Crippen molar-refractivity contribution in [2.24, 2.45) is 0 Å². The van der Waals surface area contributed by atoms with Gasteiger partial charge in [0, 0.05) is 19.0 Å². The van der Waals surface area contributed by atoms with Gasteiger partial charge in [0.1, 0.15) is 30.5 Å². The van der Waals surface area contributed by atoms with E-state index in [1.807, 2.05) is 0 Å². The van der Waals surface area contributed by atoms with Gasteiger partial charge in [-0.25, -0.2) is 9.78 Å². The van der Waals surface area contributed by atoms with Crippen molar-refractivity contribution in [3.63, 3.8) is 0 Å². The van der Waals surface area contributed by atoms with Crippen molar-refractivity contribution >= 4 is 46.4 Å². The SMILES string of the molecule is Nc1ccn([C@H]2C[C@@H](OP(=O)([O-])OC[C@H]3O[C@@H](n4cnc5c(=O)[nH]c(N)nc54)C[C@H]3OP(=O)([O-])[O-])[C@@H](COP(=O)([O-])[O-])O2)c(=O)n1. The lowest BCUT2D eigenvalue weighted by atomic mass is 10.2. The van der Waals surface area contributed by atoms with Crippen LogP contribution in [-0.4, -0.2) is 66.7 Å². The maximum atomic E-state index is 12.9. The van der Waals surface area contributed by atoms with Crippen molar-refractivity contribution < 1.29 is 65.7 Å². The fourth-order valence-corrected chi connectivity index (χ4v) is 6.58. The summed E-state index contributed by atoms with van der Waals surface area (Å²) in [5, 5.41) is 0. The van der Waals surface area contributed by atoms with Gasteiger partial charge in [0.2, 0.25) is 5.95 Å². The second-order valence-electron chi connectivity index (χ2n) is 9.77. The molecule has 3 aromatic heterocycles. The van der Waals surface area contributed by atoms with Crippen molar-refractivity contribution in [1.29, 1.82) is 0 Å². The number of phosphoric ester groups is 3. The van der Waals surface area contributed by atoms with Crippen molar-refractivity contribution in [3.05, 3.63) is 39.4 Å². The average molecular weight is 711 g/mol. The van der Waals surface area contributed by atoms with Gasteiger partial charge in [-0.3, -0.25) is 23.5 Å². The highest BCUT2D eigenvalue weighted by Gasteiger charge is 2.42. The molecule has 0 aliphatic carbocycles. The molecule has 5 rings (SSSR count). The van der Waals surface area contributed by atoms with Crippen LogP contribution in [0.3, 0.4) is 0 Å². The predicted molar refractivity (Wildman–Crippen MR) is 137 cm³/mol. The third kappa shape index (κ3) is 8.32. The number of nitrogens with two attached hydrogens (primary N) is 2. The second kappa shape index (κ2) is 12.9. The van der Waals surface area contributed by atoms with Crippen LogP contribution in [0.4, 0.5) is 11.8 Å². The Hall–Kier alpha value is -2.92. The number of ether oxygens (including phenoxy) is 2. The van der Waals surface area contributed by atoms with Gasteiger partial charge in [-0.2, -0.15) is 9.97 Å². The van der Waals surface area contributed by atoms with Gasteiger partial charge in [0.05, 0.1) is 47.4 Å². The summed E-state index contributed by atoms with van der Waals surface area (Å²) in [5.74, 6) is -0.423. The van der Waals surface area contributed by atoms with Crippen molar-refractivity contribution in [2.45, 2.75) is 49.7 Å². The largest absolute Gasteiger partial charge is 0.790 e. The number of aromatic amines is 1. The zero-order valence-electron chi connectivity index (χ0n) is 22.8. The van der Waals surface area contributed by atoms with Gasteiger partial charge < -0.3 is 72.6 Å². The van der Waals surface area contributed by atoms with Crippen LogP contribution in [0.25, 0.3) is 11.2 Å². The molecular formula is C19H22N8O16P3-5. The Labute approximate surface area is 255 Å². The zero-order valence-corrected chi connectivity index (χ0v) is 25.5. The normalized spacial score (nSPS) is 26.9. The van der Waals surface area contributed by atoms with Crippen LogP contribution in [0, 0.1) is 0 Å². The van der Waals surface area contributed by atoms with Gasteiger partial charge in [-0.1, -0.05) is 0 Å². The first-order chi connectivity index (χ1) is 21.4. The number of phosphoric acid groups is 3. The summed E-state index contributed by atoms with van der Waals surface area (Å²) in [7, 11) is -16.6. The Kier molecular flexibility index (Phi) is 9.68. The smallest absolute Gasteiger partial charge is 0.351 e. The summed E-state index contributed by atoms with van der Waals surface area (Å²) in [6.07, 6.45) is -7.33. The van der Waals surface area contributed by atoms with E-state index in [1.54, 1.807) is 0 Å². The molecular weight excluding hydrogens is 689 g/mol. The minimum atomic E-state index is -5.66. The topological polar surface area (TPSA) is 372 Å². The van der Waals surface area contributed by atoms with E-state index in [4.69, 9.17) is 30.0 Å². The number of anilines is 2. The average Bonchev–Trinajstić information content (AvgIpc) is 3.62. The molecule has 1 unspecified atom stereocenters. The quantitative estimate of drug-likeness (QED) is 0.148. The van der Waals surface area contributed by atoms with Gasteiger partial charge >= 0.3 is 5.69 Å². The molecule has 2 aliphatic rings. The zero-order chi connectivity index (χ0) is 33.6. The molecule has 27 heteroatoms. The molecule has 2 aliphatic heterocycles. The van der Waals surface area contributed by atoms with E-state index in [9.17, 15) is 47.8 Å². The molecule has 5 heterocycles. The van der Waals surface area contributed by atoms with E-state index in [2.05, 4.69) is 29.0 Å². The number of nitrogens with one attached hydrogen (secondary N) is 1. The van der Waals surface area contributed by atoms with Crippen LogP contribution >= 0.6 is 23.5 Å². The van der Waals surface area contributed by atoms with Gasteiger partial charge in [-0.05, 0) is 6.07 Å². The molecule has 7 atom stereocenters. The molecule has 0 bridgehead atoms. The Balaban J connectivity index is 1.31. The minimum absolute atomic E-state index is 0.0861. The van der Waals surface area contributed by atoms with Gasteiger partial charge in [0.25, 0.3) is 13.4 Å². The molecule has 0 spiro atoms. The first-order valence-electron chi connectivity index (χ1n) is 12.8. The molecule has 0 radical (unpaired) electrons. The molecule has 24 nitrogen and oxygen atoms in total. The van der Waals surface area contributed by atoms with Crippen LogP contribution < -0.4 is 47.2 Å². The fraction of sp³-hybridized carbons (Fsp3) is 0.526. The summed E-state index contributed by atoms with van der Waals surface area (Å²) < 4.78 is 67.2. The number of H-pyrrole nitrogens is 1. The van der Waals surface area contributed by atoms with Crippen LogP contribution in [0.5, 0.6) is 0 Å². The van der Waals surface area contributed by atoms with Crippen LogP contribution in [0.2, 0.25) is 0 Å². The fourth-order valence-electron chi connectivity index (χ4n) is 4.75. The van der Waals surface area contributed by atoms with E-state index < -0.39 is 97.6 Å². The van der Waals surface area contributed by atoms with Gasteiger partial charge in [-0.15, -0.1) is 0 Å². The molecule has 46 heavy (non-hydrogen) atoms. The van der Waals surface area contributed by atoms with E-state index in [0.717, 1.165) is 17.1 Å². The van der Waals surface area contributed by atoms with Crippen molar-refractivity contribution in [1.82, 2.24) is 29.1 Å². The number of rotatable bonds is 12. The lowest BCUT2D eigenvalue weighted by Crippen LogP contribution is -2.34. The number of nitrogens with zero attached hydrogens (tertiary/aromatic N) is 5. The van der Waals surface area contributed by atoms with Crippen LogP contribution in [-0.2, 0) is 41.3 Å². The second-order valence-corrected chi connectivity index (χ2v) is 13.4. The minimum Gasteiger partial charge on any atom is -0.790 e. The third-order valence-corrected chi connectivity index (χ3v) is 8.60. The lowest BCUT2D eigenvalue weighted by molar-refractivity contribution is -0.346. The molecule has 0 amide bonds. The molecule has 5 N–H and O–H groups in total. The Morgan fingerprint density at radius 2 is 1.50 bits per heavy atom. The standard InChI is InChI=1S/C19H27N8O16P3/c20-12-1-2-26(19(29)23-12)13-4-9(10(40-13)5-38-44(30,31)32)43-46(36,37)39-6-11-8(42-45(33,34)35)3-14(41-11)27-7-22-15-16(27)24-18(21)25-17(15)28/h1-2,7-11,13-14H,3-6H2,(H,36,37)(H2,20,23,29)(H2,30,31,32)(H2,33,34,35)(H3,21,24,25,28)/p-5/t8-,9-,10-,11-,13-,14-/m1/s1. The number of hydrogen-bond donors (Lipinski definition) is 3. The summed E-state index contributed by atoms with van der Waals surface area (Å²) >= 11 is 0. The van der Waals surface area contributed by atoms with Crippen molar-refractivity contribution in [3.8, 4) is 0 Å². The lowest BCUT2D eigenvalue weighted by Gasteiger charge is -2.34. The highest BCUT2D eigenvalue weighted by molar-refractivity contribution is 7.45. The number of aromatic nitrogens is 6. The number of hydrogen-bond acceptors (Lipinski definition) is 21. The third-order valence-electron chi connectivity index (χ3n) is 6.61. The summed E-state index contributed by atoms with van der Waals surface area (Å²) in [5.41, 5.74) is 9.18. The summed E-state index contributed by atoms with van der Waals surface area (Å²) in [4.78, 5) is 95.7. The molecule has 254 valence electrons. The first-order valence-corrected chi connectivity index (χ1v) is 17.1. The number of imidazole rings is 1. The van der Waals surface area contributed by atoms with Gasteiger partial charge in [0.15, 0.2) is 11.2 Å². The van der Waals surface area contributed by atoms with Crippen LogP contribution in [0.15, 0.2) is 28.2 Å². The molecule has 0 saturated carbocycles. The first kappa shape index (κ1) is 34.4. The van der Waals surface area contributed by atoms with Crippen LogP contribution in [0.1, 0.15) is 25.3 Å².